The molecule has 4 rings (SSSR count). The molecule has 0 saturated heterocycles. The third-order valence-electron chi connectivity index (χ3n) is 4.56. The van der Waals surface area contributed by atoms with Gasteiger partial charge in [0.15, 0.2) is 0 Å². The zero-order chi connectivity index (χ0) is 19.7. The first kappa shape index (κ1) is 19.1. The monoisotopic (exact) mass is 431 g/mol. The van der Waals surface area contributed by atoms with Gasteiger partial charge < -0.3 is 15.2 Å². The van der Waals surface area contributed by atoms with Gasteiger partial charge in [-0.3, -0.25) is 9.59 Å². The lowest BCUT2D eigenvalue weighted by Crippen LogP contribution is -2.20. The number of carbonyl (C=O) groups is 2. The van der Waals surface area contributed by atoms with Crippen LogP contribution in [0.15, 0.2) is 42.7 Å². The molecule has 0 spiro atoms. The van der Waals surface area contributed by atoms with Crippen molar-refractivity contribution in [3.05, 3.63) is 69.3 Å². The second kappa shape index (κ2) is 8.03. The molecule has 0 radical (unpaired) electrons. The van der Waals surface area contributed by atoms with Crippen molar-refractivity contribution in [2.75, 3.05) is 18.1 Å². The number of fused-ring (bicyclic) bond motifs is 1. The molecule has 0 fully saturated rings. The Morgan fingerprint density at radius 2 is 1.96 bits per heavy atom. The van der Waals surface area contributed by atoms with Crippen molar-refractivity contribution in [2.24, 2.45) is 0 Å². The summed E-state index contributed by atoms with van der Waals surface area (Å²) < 4.78 is 1.99. The molecule has 0 unspecified atom stereocenters. The predicted molar refractivity (Wildman–Crippen MR) is 116 cm³/mol. The smallest absolute Gasteiger partial charge is 0.258 e. The molecule has 8 heteroatoms. The van der Waals surface area contributed by atoms with Gasteiger partial charge in [-0.05, 0) is 48.1 Å². The standard InChI is InChI=1S/C20H18ClN3O2S2/c1-22-18(25)14-10-12(4-5-15(14)21)23-19(26)17-13-6-9-27-11-16(13)28-20(17)24-7-2-3-8-24/h2-5,7-8,10H,6,9,11H2,1H3,(H,22,25)(H,23,26). The Kier molecular flexibility index (Phi) is 5.48. The Hall–Kier alpha value is -2.22. The molecule has 3 aromatic rings. The summed E-state index contributed by atoms with van der Waals surface area (Å²) in [4.78, 5) is 26.5. The summed E-state index contributed by atoms with van der Waals surface area (Å²) in [7, 11) is 1.54. The minimum Gasteiger partial charge on any atom is -0.355 e. The van der Waals surface area contributed by atoms with Crippen LogP contribution in [0.4, 0.5) is 5.69 Å². The number of benzene rings is 1. The summed E-state index contributed by atoms with van der Waals surface area (Å²) in [6.07, 6.45) is 4.78. The minimum absolute atomic E-state index is 0.168. The molecule has 0 bridgehead atoms. The van der Waals surface area contributed by atoms with Gasteiger partial charge in [-0.2, -0.15) is 11.8 Å². The Balaban J connectivity index is 1.71. The number of nitrogens with zero attached hydrogens (tertiary/aromatic N) is 1. The van der Waals surface area contributed by atoms with Gasteiger partial charge in [-0.1, -0.05) is 11.6 Å². The maximum atomic E-state index is 13.2. The van der Waals surface area contributed by atoms with Crippen molar-refractivity contribution in [2.45, 2.75) is 12.2 Å². The van der Waals surface area contributed by atoms with E-state index in [1.54, 1.807) is 36.6 Å². The van der Waals surface area contributed by atoms with Crippen molar-refractivity contribution in [3.63, 3.8) is 0 Å². The molecular weight excluding hydrogens is 414 g/mol. The number of thiophene rings is 1. The Bertz CT molecular complexity index is 1040. The summed E-state index contributed by atoms with van der Waals surface area (Å²) in [5, 5.41) is 6.78. The average Bonchev–Trinajstić information content (AvgIpc) is 3.36. The first-order valence-electron chi connectivity index (χ1n) is 8.77. The maximum Gasteiger partial charge on any atom is 0.258 e. The minimum atomic E-state index is -0.293. The first-order valence-corrected chi connectivity index (χ1v) is 11.1. The lowest BCUT2D eigenvalue weighted by molar-refractivity contribution is 0.0961. The molecule has 3 heterocycles. The van der Waals surface area contributed by atoms with Crippen LogP contribution in [-0.4, -0.2) is 29.2 Å². The molecule has 0 atom stereocenters. The highest BCUT2D eigenvalue weighted by Gasteiger charge is 2.26. The first-order chi connectivity index (χ1) is 13.6. The van der Waals surface area contributed by atoms with E-state index in [1.807, 2.05) is 40.9 Å². The summed E-state index contributed by atoms with van der Waals surface area (Å²) in [6.45, 7) is 0. The zero-order valence-corrected chi connectivity index (χ0v) is 17.5. The van der Waals surface area contributed by atoms with Crippen LogP contribution >= 0.6 is 34.7 Å². The summed E-state index contributed by atoms with van der Waals surface area (Å²) in [5.41, 5.74) is 2.71. The lowest BCUT2D eigenvalue weighted by atomic mass is 10.1. The number of anilines is 1. The third kappa shape index (κ3) is 3.57. The number of aromatic nitrogens is 1. The number of hydrogen-bond acceptors (Lipinski definition) is 4. The second-order valence-electron chi connectivity index (χ2n) is 6.30. The molecule has 1 aliphatic heterocycles. The van der Waals surface area contributed by atoms with Crippen LogP contribution in [-0.2, 0) is 12.2 Å². The van der Waals surface area contributed by atoms with E-state index in [0.717, 1.165) is 28.5 Å². The molecule has 2 aromatic heterocycles. The largest absolute Gasteiger partial charge is 0.355 e. The zero-order valence-electron chi connectivity index (χ0n) is 15.1. The summed E-state index contributed by atoms with van der Waals surface area (Å²) in [5.74, 6) is 1.48. The van der Waals surface area contributed by atoms with Crippen LogP contribution in [0, 0.1) is 0 Å². The number of amides is 2. The van der Waals surface area contributed by atoms with Gasteiger partial charge in [0.1, 0.15) is 5.00 Å². The van der Waals surface area contributed by atoms with Crippen molar-refractivity contribution in [1.82, 2.24) is 9.88 Å². The number of hydrogen-bond donors (Lipinski definition) is 2. The van der Waals surface area contributed by atoms with Gasteiger partial charge in [0.05, 0.1) is 16.1 Å². The SMILES string of the molecule is CNC(=O)c1cc(NC(=O)c2c(-n3cccc3)sc3c2CCSC3)ccc1Cl. The van der Waals surface area contributed by atoms with Crippen molar-refractivity contribution < 1.29 is 9.59 Å². The van der Waals surface area contributed by atoms with Crippen LogP contribution in [0.25, 0.3) is 5.00 Å². The van der Waals surface area contributed by atoms with Gasteiger partial charge in [-0.25, -0.2) is 0 Å². The average molecular weight is 432 g/mol. The molecule has 0 saturated carbocycles. The highest BCUT2D eigenvalue weighted by atomic mass is 35.5. The van der Waals surface area contributed by atoms with E-state index < -0.39 is 0 Å². The van der Waals surface area contributed by atoms with Gasteiger partial charge in [-0.15, -0.1) is 11.3 Å². The van der Waals surface area contributed by atoms with Gasteiger partial charge in [0.2, 0.25) is 0 Å². The molecule has 0 aliphatic carbocycles. The van der Waals surface area contributed by atoms with Crippen LogP contribution in [0.1, 0.15) is 31.2 Å². The Labute approximate surface area is 176 Å². The second-order valence-corrected chi connectivity index (χ2v) is 8.90. The van der Waals surface area contributed by atoms with E-state index in [-0.39, 0.29) is 11.8 Å². The van der Waals surface area contributed by atoms with Crippen molar-refractivity contribution in [1.29, 1.82) is 0 Å². The van der Waals surface area contributed by atoms with Crippen molar-refractivity contribution in [3.8, 4) is 5.00 Å². The van der Waals surface area contributed by atoms with E-state index >= 15 is 0 Å². The van der Waals surface area contributed by atoms with Crippen LogP contribution in [0.3, 0.4) is 0 Å². The Morgan fingerprint density at radius 3 is 2.71 bits per heavy atom. The number of nitrogens with one attached hydrogen (secondary N) is 2. The summed E-state index contributed by atoms with van der Waals surface area (Å²) in [6, 6.07) is 8.82. The van der Waals surface area contributed by atoms with E-state index in [0.29, 0.717) is 21.8 Å². The molecule has 144 valence electrons. The van der Waals surface area contributed by atoms with Crippen LogP contribution in [0.2, 0.25) is 5.02 Å². The topological polar surface area (TPSA) is 63.1 Å². The predicted octanol–water partition coefficient (Wildman–Crippen LogP) is 4.59. The molecule has 1 aliphatic rings. The fourth-order valence-corrected chi connectivity index (χ4v) is 5.86. The number of carbonyl (C=O) groups excluding carboxylic acids is 2. The molecule has 2 N–H and O–H groups in total. The van der Waals surface area contributed by atoms with E-state index in [1.165, 1.54) is 4.88 Å². The summed E-state index contributed by atoms with van der Waals surface area (Å²) >= 11 is 9.68. The fraction of sp³-hybridized carbons (Fsp3) is 0.200. The highest BCUT2D eigenvalue weighted by Crippen LogP contribution is 2.38. The van der Waals surface area contributed by atoms with Gasteiger partial charge in [0.25, 0.3) is 11.8 Å². The number of halogens is 1. The molecule has 28 heavy (non-hydrogen) atoms. The van der Waals surface area contributed by atoms with Crippen LogP contribution < -0.4 is 10.6 Å². The van der Waals surface area contributed by atoms with E-state index in [9.17, 15) is 9.59 Å². The fourth-order valence-electron chi connectivity index (χ4n) is 3.21. The normalized spacial score (nSPS) is 13.1. The Morgan fingerprint density at radius 1 is 1.18 bits per heavy atom. The molecule has 1 aromatic carbocycles. The van der Waals surface area contributed by atoms with Gasteiger partial charge >= 0.3 is 0 Å². The number of rotatable bonds is 4. The highest BCUT2D eigenvalue weighted by molar-refractivity contribution is 7.98. The quantitative estimate of drug-likeness (QED) is 0.634. The molecule has 2 amide bonds. The van der Waals surface area contributed by atoms with E-state index in [4.69, 9.17) is 11.6 Å². The molecule has 5 nitrogen and oxygen atoms in total. The molecular formula is C20H18ClN3O2S2. The third-order valence-corrected chi connectivity index (χ3v) is 7.31. The maximum absolute atomic E-state index is 13.2. The van der Waals surface area contributed by atoms with E-state index in [2.05, 4.69) is 10.6 Å². The van der Waals surface area contributed by atoms with Crippen molar-refractivity contribution >= 4 is 52.2 Å². The van der Waals surface area contributed by atoms with Gasteiger partial charge in [0, 0.05) is 35.8 Å². The lowest BCUT2D eigenvalue weighted by Gasteiger charge is -2.14. The number of thioether (sulfide) groups is 1. The van der Waals surface area contributed by atoms with Crippen LogP contribution in [0.5, 0.6) is 0 Å².